The van der Waals surface area contributed by atoms with Gasteiger partial charge in [0.15, 0.2) is 0 Å². The van der Waals surface area contributed by atoms with Crippen LogP contribution in [0.3, 0.4) is 0 Å². The summed E-state index contributed by atoms with van der Waals surface area (Å²) < 4.78 is 27.4. The summed E-state index contributed by atoms with van der Waals surface area (Å²) >= 11 is 0. The van der Waals surface area contributed by atoms with Crippen LogP contribution in [-0.2, 0) is 4.79 Å². The predicted octanol–water partition coefficient (Wildman–Crippen LogP) is 2.29. The van der Waals surface area contributed by atoms with E-state index in [4.69, 9.17) is 0 Å². The Morgan fingerprint density at radius 3 is 2.52 bits per heavy atom. The number of hydrogen-bond acceptors (Lipinski definition) is 2. The summed E-state index contributed by atoms with van der Waals surface area (Å²) in [6.45, 7) is 0.276. The standard InChI is InChI=1S/C15H15F2NO3/c16-10-4-1-5-11(17)12(10)13(19)18-7-9-3-2-6-15(9,8-18)14(20)21/h1,4-5,9H,2-3,6-8H2,(H,20,21)/t9-,15+/m0/s1. The van der Waals surface area contributed by atoms with Crippen LogP contribution in [0.5, 0.6) is 0 Å². The maximum atomic E-state index is 13.7. The van der Waals surface area contributed by atoms with Crippen molar-refractivity contribution in [1.82, 2.24) is 4.90 Å². The van der Waals surface area contributed by atoms with Gasteiger partial charge in [0.1, 0.15) is 17.2 Å². The molecule has 21 heavy (non-hydrogen) atoms. The first-order chi connectivity index (χ1) is 9.95. The Bertz CT molecular complexity index is 599. The zero-order valence-electron chi connectivity index (χ0n) is 11.3. The van der Waals surface area contributed by atoms with Crippen LogP contribution in [0.1, 0.15) is 29.6 Å². The van der Waals surface area contributed by atoms with Gasteiger partial charge in [-0.2, -0.15) is 0 Å². The van der Waals surface area contributed by atoms with Gasteiger partial charge in [-0.25, -0.2) is 8.78 Å². The van der Waals surface area contributed by atoms with Crippen LogP contribution in [0.15, 0.2) is 18.2 Å². The lowest BCUT2D eigenvalue weighted by Crippen LogP contribution is -2.37. The second kappa shape index (κ2) is 4.79. The summed E-state index contributed by atoms with van der Waals surface area (Å²) in [4.78, 5) is 25.2. The average molecular weight is 295 g/mol. The molecule has 1 saturated carbocycles. The number of fused-ring (bicyclic) bond motifs is 1. The highest BCUT2D eigenvalue weighted by atomic mass is 19.1. The third-order valence-electron chi connectivity index (χ3n) is 4.76. The van der Waals surface area contributed by atoms with E-state index in [1.54, 1.807) is 0 Å². The fraction of sp³-hybridized carbons (Fsp3) is 0.467. The highest BCUT2D eigenvalue weighted by Crippen LogP contribution is 2.49. The zero-order valence-corrected chi connectivity index (χ0v) is 11.3. The normalized spacial score (nSPS) is 27.7. The third-order valence-corrected chi connectivity index (χ3v) is 4.76. The van der Waals surface area contributed by atoms with E-state index in [1.165, 1.54) is 11.0 Å². The monoisotopic (exact) mass is 295 g/mol. The molecule has 2 fully saturated rings. The summed E-state index contributed by atoms with van der Waals surface area (Å²) in [6.07, 6.45) is 2.05. The number of amides is 1. The van der Waals surface area contributed by atoms with Crippen molar-refractivity contribution in [2.45, 2.75) is 19.3 Å². The highest BCUT2D eigenvalue weighted by Gasteiger charge is 2.56. The van der Waals surface area contributed by atoms with Crippen LogP contribution in [0.4, 0.5) is 8.78 Å². The smallest absolute Gasteiger partial charge is 0.311 e. The number of rotatable bonds is 2. The summed E-state index contributed by atoms with van der Waals surface area (Å²) in [5.41, 5.74) is -1.55. The zero-order chi connectivity index (χ0) is 15.2. The summed E-state index contributed by atoms with van der Waals surface area (Å²) in [6, 6.07) is 3.25. The molecule has 1 aromatic rings. The molecule has 0 bridgehead atoms. The second-order valence-corrected chi connectivity index (χ2v) is 5.83. The van der Waals surface area contributed by atoms with E-state index in [9.17, 15) is 23.5 Å². The molecule has 1 saturated heterocycles. The second-order valence-electron chi connectivity index (χ2n) is 5.83. The Balaban J connectivity index is 1.90. The lowest BCUT2D eigenvalue weighted by atomic mass is 9.81. The molecule has 1 aliphatic heterocycles. The Labute approximate surface area is 120 Å². The van der Waals surface area contributed by atoms with Gasteiger partial charge >= 0.3 is 5.97 Å². The van der Waals surface area contributed by atoms with Gasteiger partial charge in [-0.15, -0.1) is 0 Å². The van der Waals surface area contributed by atoms with E-state index in [0.29, 0.717) is 6.42 Å². The van der Waals surface area contributed by atoms with Crippen molar-refractivity contribution in [3.8, 4) is 0 Å². The SMILES string of the molecule is O=C(c1c(F)cccc1F)N1C[C@@H]2CCC[C@@]2(C(=O)O)C1. The van der Waals surface area contributed by atoms with Crippen molar-refractivity contribution in [2.75, 3.05) is 13.1 Å². The number of halogens is 2. The highest BCUT2D eigenvalue weighted by molar-refractivity contribution is 5.95. The molecule has 4 nitrogen and oxygen atoms in total. The number of benzene rings is 1. The van der Waals surface area contributed by atoms with Crippen molar-refractivity contribution in [3.05, 3.63) is 35.4 Å². The largest absolute Gasteiger partial charge is 0.481 e. The van der Waals surface area contributed by atoms with Gasteiger partial charge in [0.05, 0.1) is 5.41 Å². The van der Waals surface area contributed by atoms with Crippen molar-refractivity contribution in [1.29, 1.82) is 0 Å². The molecule has 0 aromatic heterocycles. The number of carbonyl (C=O) groups is 2. The number of nitrogens with zero attached hydrogens (tertiary/aromatic N) is 1. The number of carboxylic acids is 1. The van der Waals surface area contributed by atoms with Crippen LogP contribution in [0, 0.1) is 23.0 Å². The Morgan fingerprint density at radius 2 is 1.95 bits per heavy atom. The van der Waals surface area contributed by atoms with Crippen LogP contribution >= 0.6 is 0 Å². The minimum atomic E-state index is -0.947. The van der Waals surface area contributed by atoms with E-state index >= 15 is 0 Å². The topological polar surface area (TPSA) is 57.6 Å². The van der Waals surface area contributed by atoms with Crippen LogP contribution < -0.4 is 0 Å². The van der Waals surface area contributed by atoms with Crippen molar-refractivity contribution >= 4 is 11.9 Å². The minimum Gasteiger partial charge on any atom is -0.481 e. The fourth-order valence-corrected chi connectivity index (χ4v) is 3.65. The summed E-state index contributed by atoms with van der Waals surface area (Å²) in [5, 5.41) is 9.47. The Morgan fingerprint density at radius 1 is 1.29 bits per heavy atom. The first kappa shape index (κ1) is 14.0. The molecule has 1 N–H and O–H groups in total. The molecule has 3 rings (SSSR count). The number of carbonyl (C=O) groups excluding carboxylic acids is 1. The molecule has 0 unspecified atom stereocenters. The molecule has 1 aromatic carbocycles. The molecule has 2 aliphatic rings. The molecule has 2 atom stereocenters. The van der Waals surface area contributed by atoms with Crippen LogP contribution in [0.2, 0.25) is 0 Å². The first-order valence-corrected chi connectivity index (χ1v) is 6.92. The third kappa shape index (κ3) is 2.01. The number of hydrogen-bond donors (Lipinski definition) is 1. The van der Waals surface area contributed by atoms with Crippen molar-refractivity contribution < 1.29 is 23.5 Å². The van der Waals surface area contributed by atoms with Crippen molar-refractivity contribution in [2.24, 2.45) is 11.3 Å². The number of carboxylic acid groups (broad SMARTS) is 1. The molecule has 0 radical (unpaired) electrons. The van der Waals surface area contributed by atoms with Gasteiger partial charge in [0.25, 0.3) is 5.91 Å². The van der Waals surface area contributed by atoms with E-state index in [-0.39, 0.29) is 19.0 Å². The molecular formula is C15H15F2NO3. The first-order valence-electron chi connectivity index (χ1n) is 6.92. The van der Waals surface area contributed by atoms with Gasteiger partial charge in [0, 0.05) is 13.1 Å². The number of aliphatic carboxylic acids is 1. The van der Waals surface area contributed by atoms with E-state index < -0.39 is 34.5 Å². The Hall–Kier alpha value is -1.98. The van der Waals surface area contributed by atoms with Crippen LogP contribution in [-0.4, -0.2) is 35.0 Å². The van der Waals surface area contributed by atoms with Gasteiger partial charge in [0.2, 0.25) is 0 Å². The molecule has 112 valence electrons. The quantitative estimate of drug-likeness (QED) is 0.910. The molecular weight excluding hydrogens is 280 g/mol. The summed E-state index contributed by atoms with van der Waals surface area (Å²) in [5.74, 6) is -3.65. The van der Waals surface area contributed by atoms with Gasteiger partial charge in [-0.1, -0.05) is 12.5 Å². The van der Waals surface area contributed by atoms with E-state index in [0.717, 1.165) is 25.0 Å². The van der Waals surface area contributed by atoms with Gasteiger partial charge in [-0.3, -0.25) is 9.59 Å². The maximum absolute atomic E-state index is 13.7. The molecule has 6 heteroatoms. The fourth-order valence-electron chi connectivity index (χ4n) is 3.65. The van der Waals surface area contributed by atoms with Crippen molar-refractivity contribution in [3.63, 3.8) is 0 Å². The molecule has 1 amide bonds. The van der Waals surface area contributed by atoms with E-state index in [1.807, 2.05) is 0 Å². The lowest BCUT2D eigenvalue weighted by molar-refractivity contribution is -0.149. The van der Waals surface area contributed by atoms with Gasteiger partial charge in [-0.05, 0) is 30.9 Å². The van der Waals surface area contributed by atoms with Crippen LogP contribution in [0.25, 0.3) is 0 Å². The van der Waals surface area contributed by atoms with E-state index in [2.05, 4.69) is 0 Å². The predicted molar refractivity (Wildman–Crippen MR) is 69.7 cm³/mol. The lowest BCUT2D eigenvalue weighted by Gasteiger charge is -2.23. The molecule has 0 spiro atoms. The summed E-state index contributed by atoms with van der Waals surface area (Å²) in [7, 11) is 0. The molecule has 1 aliphatic carbocycles. The average Bonchev–Trinajstić information content (AvgIpc) is 2.95. The Kier molecular flexibility index (Phi) is 3.19. The molecule has 1 heterocycles. The minimum absolute atomic E-state index is 0.0274. The number of likely N-dealkylation sites (tertiary alicyclic amines) is 1. The van der Waals surface area contributed by atoms with Gasteiger partial charge < -0.3 is 10.0 Å². The maximum Gasteiger partial charge on any atom is 0.311 e.